The van der Waals surface area contributed by atoms with Gasteiger partial charge in [-0.3, -0.25) is 9.59 Å². The van der Waals surface area contributed by atoms with Gasteiger partial charge in [-0.15, -0.1) is 11.3 Å². The molecule has 190 valence electrons. The van der Waals surface area contributed by atoms with Crippen molar-refractivity contribution in [2.24, 2.45) is 17.3 Å². The fraction of sp³-hybridized carbons (Fsp3) is 0.731. The quantitative estimate of drug-likeness (QED) is 0.472. The number of carbonyl (C=O) groups excluding carboxylic acids is 2. The van der Waals surface area contributed by atoms with Gasteiger partial charge in [0.2, 0.25) is 0 Å². The third-order valence-electron chi connectivity index (χ3n) is 7.41. The average molecular weight is 494 g/mol. The lowest BCUT2D eigenvalue weighted by Crippen LogP contribution is -2.45. The van der Waals surface area contributed by atoms with Crippen molar-refractivity contribution < 1.29 is 29.3 Å². The van der Waals surface area contributed by atoms with Crippen molar-refractivity contribution in [2.75, 3.05) is 0 Å². The maximum atomic E-state index is 13.2. The van der Waals surface area contributed by atoms with E-state index in [0.29, 0.717) is 6.42 Å². The molecule has 2 N–H and O–H groups in total. The molecular formula is C26H39NO6S. The van der Waals surface area contributed by atoms with Gasteiger partial charge in [0.05, 0.1) is 47.0 Å². The van der Waals surface area contributed by atoms with Crippen LogP contribution in [-0.4, -0.2) is 57.5 Å². The lowest BCUT2D eigenvalue weighted by atomic mass is 9.73. The zero-order chi connectivity index (χ0) is 25.2. The summed E-state index contributed by atoms with van der Waals surface area (Å²) >= 11 is 1.56. The van der Waals surface area contributed by atoms with Crippen LogP contribution in [0.15, 0.2) is 11.0 Å². The first kappa shape index (κ1) is 27.0. The van der Waals surface area contributed by atoms with Crippen molar-refractivity contribution in [2.45, 2.75) is 104 Å². The molecule has 3 heterocycles. The summed E-state index contributed by atoms with van der Waals surface area (Å²) in [6, 6.07) is 0. The minimum atomic E-state index is -1.22. The van der Waals surface area contributed by atoms with Gasteiger partial charge in [0.1, 0.15) is 11.9 Å². The molecule has 1 aromatic heterocycles. The normalized spacial score (nSPS) is 36.0. The Morgan fingerprint density at radius 2 is 1.91 bits per heavy atom. The fourth-order valence-electron chi connectivity index (χ4n) is 4.78. The molecule has 8 heteroatoms. The van der Waals surface area contributed by atoms with E-state index in [9.17, 15) is 19.8 Å². The predicted octanol–water partition coefficient (Wildman–Crippen LogP) is 4.09. The highest BCUT2D eigenvalue weighted by atomic mass is 32.1. The second kappa shape index (κ2) is 11.0. The molecule has 0 spiro atoms. The molecule has 0 aliphatic carbocycles. The summed E-state index contributed by atoms with van der Waals surface area (Å²) in [5.41, 5.74) is 0.494. The Morgan fingerprint density at radius 1 is 1.21 bits per heavy atom. The summed E-state index contributed by atoms with van der Waals surface area (Å²) in [6.45, 7) is 10.8. The van der Waals surface area contributed by atoms with Crippen molar-refractivity contribution in [1.82, 2.24) is 4.98 Å². The number of ketones is 1. The Bertz CT molecular complexity index is 909. The molecule has 7 nitrogen and oxygen atoms in total. The number of aromatic nitrogens is 1. The summed E-state index contributed by atoms with van der Waals surface area (Å²) in [5, 5.41) is 24.5. The first-order chi connectivity index (χ1) is 15.9. The van der Waals surface area contributed by atoms with Gasteiger partial charge in [0.15, 0.2) is 0 Å². The Morgan fingerprint density at radius 3 is 2.56 bits per heavy atom. The first-order valence-corrected chi connectivity index (χ1v) is 13.1. The van der Waals surface area contributed by atoms with E-state index >= 15 is 0 Å². The highest BCUT2D eigenvalue weighted by molar-refractivity contribution is 7.09. The topological polar surface area (TPSA) is 109 Å². The molecule has 0 saturated carbocycles. The zero-order valence-electron chi connectivity index (χ0n) is 21.1. The third-order valence-corrected chi connectivity index (χ3v) is 8.20. The van der Waals surface area contributed by atoms with Gasteiger partial charge < -0.3 is 19.7 Å². The van der Waals surface area contributed by atoms with Crippen molar-refractivity contribution >= 4 is 29.2 Å². The van der Waals surface area contributed by atoms with Crippen LogP contribution in [0.3, 0.4) is 0 Å². The number of ether oxygens (including phenoxy) is 2. The van der Waals surface area contributed by atoms with Crippen molar-refractivity contribution in [1.29, 1.82) is 0 Å². The molecule has 3 rings (SSSR count). The van der Waals surface area contributed by atoms with Gasteiger partial charge in [-0.2, -0.15) is 0 Å². The molecule has 1 aromatic rings. The van der Waals surface area contributed by atoms with Crippen LogP contribution >= 0.6 is 11.3 Å². The molecule has 0 aromatic carbocycles. The number of aliphatic hydroxyl groups is 2. The molecule has 0 amide bonds. The summed E-state index contributed by atoms with van der Waals surface area (Å²) in [4.78, 5) is 30.5. The van der Waals surface area contributed by atoms with Crippen LogP contribution in [0.5, 0.6) is 0 Å². The number of cyclic esters (lactones) is 1. The number of hydrogen-bond acceptors (Lipinski definition) is 8. The molecule has 2 fully saturated rings. The second-order valence-electron chi connectivity index (χ2n) is 10.6. The van der Waals surface area contributed by atoms with Gasteiger partial charge in [0.25, 0.3) is 0 Å². The van der Waals surface area contributed by atoms with Gasteiger partial charge in [-0.1, -0.05) is 34.1 Å². The molecule has 1 unspecified atom stereocenters. The zero-order valence-corrected chi connectivity index (χ0v) is 21.9. The molecular weight excluding hydrogens is 454 g/mol. The largest absolute Gasteiger partial charge is 0.458 e. The number of esters is 1. The van der Waals surface area contributed by atoms with Crippen LogP contribution in [0.25, 0.3) is 6.08 Å². The van der Waals surface area contributed by atoms with E-state index in [1.807, 2.05) is 32.2 Å². The second-order valence-corrected chi connectivity index (χ2v) is 11.7. The van der Waals surface area contributed by atoms with E-state index in [2.05, 4.69) is 4.98 Å². The Hall–Kier alpha value is -1.61. The van der Waals surface area contributed by atoms with Crippen LogP contribution in [-0.2, 0) is 19.1 Å². The number of carbonyl (C=O) groups is 2. The fourth-order valence-corrected chi connectivity index (χ4v) is 5.35. The summed E-state index contributed by atoms with van der Waals surface area (Å²) in [6.07, 6.45) is 2.28. The number of epoxide rings is 1. The number of hydrogen-bond donors (Lipinski definition) is 2. The molecule has 7 atom stereocenters. The van der Waals surface area contributed by atoms with E-state index in [0.717, 1.165) is 35.5 Å². The minimum Gasteiger partial charge on any atom is -0.458 e. The highest BCUT2D eigenvalue weighted by Crippen LogP contribution is 2.36. The number of thiazole rings is 1. The SMILES string of the molecule is C/C(=C\c1csc(C)n1)[C@@H]1C[C@@H]2O[C@@H]2CCC[C@H](C)C(O)[C@@H](C)C(=O)C(C)(C)[C@H](O)CC(=O)O1. The van der Waals surface area contributed by atoms with E-state index in [4.69, 9.17) is 9.47 Å². The van der Waals surface area contributed by atoms with Gasteiger partial charge >= 0.3 is 5.97 Å². The van der Waals surface area contributed by atoms with Crippen LogP contribution < -0.4 is 0 Å². The number of fused-ring (bicyclic) bond motifs is 1. The number of rotatable bonds is 2. The number of aliphatic hydroxyl groups excluding tert-OH is 2. The van der Waals surface area contributed by atoms with E-state index in [-0.39, 0.29) is 30.3 Å². The van der Waals surface area contributed by atoms with E-state index in [1.54, 1.807) is 32.1 Å². The predicted molar refractivity (Wildman–Crippen MR) is 131 cm³/mol. The highest BCUT2D eigenvalue weighted by Gasteiger charge is 2.44. The van der Waals surface area contributed by atoms with Gasteiger partial charge in [-0.05, 0) is 44.3 Å². The number of nitrogens with zero attached hydrogens (tertiary/aromatic N) is 1. The average Bonchev–Trinajstić information content (AvgIpc) is 3.38. The molecule has 2 aliphatic rings. The van der Waals surface area contributed by atoms with Crippen LogP contribution in [0.2, 0.25) is 0 Å². The minimum absolute atomic E-state index is 0.00770. The maximum Gasteiger partial charge on any atom is 0.309 e. The maximum absolute atomic E-state index is 13.2. The van der Waals surface area contributed by atoms with Crippen molar-refractivity contribution in [3.05, 3.63) is 21.7 Å². The number of Topliss-reactive ketones (excluding diaryl/α,β-unsaturated/α-hetero) is 1. The molecule has 2 aliphatic heterocycles. The lowest BCUT2D eigenvalue weighted by molar-refractivity contribution is -0.154. The summed E-state index contributed by atoms with van der Waals surface area (Å²) < 4.78 is 11.7. The molecule has 2 saturated heterocycles. The Labute approximate surface area is 206 Å². The van der Waals surface area contributed by atoms with Crippen molar-refractivity contribution in [3.63, 3.8) is 0 Å². The van der Waals surface area contributed by atoms with Gasteiger partial charge in [0, 0.05) is 17.7 Å². The van der Waals surface area contributed by atoms with Gasteiger partial charge in [-0.25, -0.2) is 4.98 Å². The third kappa shape index (κ3) is 6.53. The smallest absolute Gasteiger partial charge is 0.309 e. The van der Waals surface area contributed by atoms with Crippen LogP contribution in [0.1, 0.15) is 77.4 Å². The lowest BCUT2D eigenvalue weighted by Gasteiger charge is -2.34. The van der Waals surface area contributed by atoms with E-state index < -0.39 is 35.6 Å². The summed E-state index contributed by atoms with van der Waals surface area (Å²) in [5.74, 6) is -1.52. The van der Waals surface area contributed by atoms with Crippen molar-refractivity contribution in [3.8, 4) is 0 Å². The van der Waals surface area contributed by atoms with E-state index in [1.165, 1.54) is 0 Å². The Balaban J connectivity index is 1.81. The standard InChI is InChI=1S/C26H39NO6S/c1-14-8-7-9-19-21(32-19)11-20(15(2)10-18-13-34-17(4)27-18)33-23(29)12-22(28)26(5,6)25(31)16(3)24(14)30/h10,13-14,16,19-22,24,28,30H,7-9,11-12H2,1-6H3/b15-10+/t14-,16+,19+,20-,21-,22+,24?/m0/s1. The van der Waals surface area contributed by atoms with Crippen LogP contribution in [0, 0.1) is 24.2 Å². The molecule has 34 heavy (non-hydrogen) atoms. The molecule has 0 radical (unpaired) electrons. The summed E-state index contributed by atoms with van der Waals surface area (Å²) in [7, 11) is 0. The molecule has 0 bridgehead atoms. The number of aryl methyl sites for hydroxylation is 1. The first-order valence-electron chi connectivity index (χ1n) is 12.3. The monoisotopic (exact) mass is 493 g/mol. The van der Waals surface area contributed by atoms with Crippen LogP contribution in [0.4, 0.5) is 0 Å². The Kier molecular flexibility index (Phi) is 8.71.